The van der Waals surface area contributed by atoms with Crippen LogP contribution in [-0.2, 0) is 13.1 Å². The van der Waals surface area contributed by atoms with Gasteiger partial charge in [-0.15, -0.1) is 0 Å². The van der Waals surface area contributed by atoms with E-state index in [1.165, 1.54) is 12.8 Å². The van der Waals surface area contributed by atoms with Crippen LogP contribution < -0.4 is 29.6 Å². The van der Waals surface area contributed by atoms with Crippen molar-refractivity contribution < 1.29 is 18.9 Å². The van der Waals surface area contributed by atoms with Crippen molar-refractivity contribution >= 4 is 5.96 Å². The number of hydrogen-bond acceptors (Lipinski definition) is 6. The molecule has 1 fully saturated rings. The van der Waals surface area contributed by atoms with Crippen LogP contribution in [-0.4, -0.2) is 44.9 Å². The molecule has 1 saturated carbocycles. The Morgan fingerprint density at radius 3 is 2.28 bits per heavy atom. The number of benzene rings is 1. The van der Waals surface area contributed by atoms with Gasteiger partial charge in [-0.3, -0.25) is 0 Å². The molecule has 8 heteroatoms. The Morgan fingerprint density at radius 1 is 1.00 bits per heavy atom. The maximum absolute atomic E-state index is 5.94. The highest BCUT2D eigenvalue weighted by molar-refractivity contribution is 5.79. The Labute approximate surface area is 190 Å². The number of nitrogens with one attached hydrogen (secondary N) is 2. The van der Waals surface area contributed by atoms with Gasteiger partial charge in [-0.2, -0.15) is 0 Å². The Kier molecular flexibility index (Phi) is 8.83. The van der Waals surface area contributed by atoms with E-state index in [1.54, 1.807) is 21.3 Å². The highest BCUT2D eigenvalue weighted by Crippen LogP contribution is 2.38. The van der Waals surface area contributed by atoms with Gasteiger partial charge in [0.15, 0.2) is 17.5 Å². The minimum atomic E-state index is 0.314. The van der Waals surface area contributed by atoms with E-state index in [0.717, 1.165) is 30.5 Å². The summed E-state index contributed by atoms with van der Waals surface area (Å²) in [5.74, 6) is 3.21. The first-order valence-corrected chi connectivity index (χ1v) is 11.1. The van der Waals surface area contributed by atoms with Crippen molar-refractivity contribution in [3.05, 3.63) is 41.6 Å². The van der Waals surface area contributed by atoms with Crippen molar-refractivity contribution in [3.8, 4) is 23.1 Å². The average molecular weight is 443 g/mol. The highest BCUT2D eigenvalue weighted by atomic mass is 16.5. The minimum absolute atomic E-state index is 0.314. The van der Waals surface area contributed by atoms with E-state index in [2.05, 4.69) is 20.6 Å². The number of rotatable bonds is 10. The Morgan fingerprint density at radius 2 is 1.72 bits per heavy atom. The van der Waals surface area contributed by atoms with Crippen LogP contribution in [0.15, 0.2) is 35.5 Å². The number of nitrogens with zero attached hydrogens (tertiary/aromatic N) is 2. The smallest absolute Gasteiger partial charge is 0.213 e. The van der Waals surface area contributed by atoms with Gasteiger partial charge in [0.05, 0.1) is 27.9 Å². The molecule has 0 aliphatic heterocycles. The number of ether oxygens (including phenoxy) is 4. The molecule has 174 valence electrons. The van der Waals surface area contributed by atoms with E-state index in [9.17, 15) is 0 Å². The third-order valence-electron chi connectivity index (χ3n) is 5.34. The maximum Gasteiger partial charge on any atom is 0.213 e. The van der Waals surface area contributed by atoms with Crippen molar-refractivity contribution in [1.29, 1.82) is 0 Å². The normalized spacial score (nSPS) is 14.2. The second kappa shape index (κ2) is 12.0. The highest BCUT2D eigenvalue weighted by Gasteiger charge is 2.17. The molecule has 1 heterocycles. The lowest BCUT2D eigenvalue weighted by Gasteiger charge is -2.15. The predicted octanol–water partition coefficient (Wildman–Crippen LogP) is 3.68. The summed E-state index contributed by atoms with van der Waals surface area (Å²) in [4.78, 5) is 9.14. The van der Waals surface area contributed by atoms with Crippen molar-refractivity contribution in [2.24, 2.45) is 4.99 Å². The first-order chi connectivity index (χ1) is 15.7. The van der Waals surface area contributed by atoms with Crippen molar-refractivity contribution in [2.75, 3.05) is 27.9 Å². The lowest BCUT2D eigenvalue weighted by atomic mass is 10.2. The van der Waals surface area contributed by atoms with E-state index in [-0.39, 0.29) is 0 Å². The van der Waals surface area contributed by atoms with E-state index in [4.69, 9.17) is 18.9 Å². The number of pyridine rings is 1. The van der Waals surface area contributed by atoms with Gasteiger partial charge in [-0.25, -0.2) is 9.98 Å². The molecule has 2 N–H and O–H groups in total. The first kappa shape index (κ1) is 23.5. The Hall–Kier alpha value is -3.16. The lowest BCUT2D eigenvalue weighted by molar-refractivity contribution is 0.201. The van der Waals surface area contributed by atoms with Gasteiger partial charge in [0.25, 0.3) is 0 Å². The minimum Gasteiger partial charge on any atom is -0.493 e. The molecular formula is C24H34N4O4. The number of aliphatic imine (C=N–C) groups is 1. The Balaban J connectivity index is 1.61. The molecule has 0 bridgehead atoms. The summed E-state index contributed by atoms with van der Waals surface area (Å²) in [5, 5.41) is 6.62. The standard InChI is InChI=1S/C24H34N4O4/c1-5-25-24(28-16-18-12-20(29-2)23(31-4)21(13-18)30-3)27-15-17-10-11-22(26-14-17)32-19-8-6-7-9-19/h10-14,19H,5-9,15-16H2,1-4H3,(H2,25,27,28). The molecule has 0 amide bonds. The summed E-state index contributed by atoms with van der Waals surface area (Å²) in [7, 11) is 4.80. The summed E-state index contributed by atoms with van der Waals surface area (Å²) < 4.78 is 22.2. The van der Waals surface area contributed by atoms with Gasteiger partial charge in [-0.05, 0) is 55.9 Å². The van der Waals surface area contributed by atoms with Gasteiger partial charge < -0.3 is 29.6 Å². The van der Waals surface area contributed by atoms with Crippen LogP contribution in [0.5, 0.6) is 23.1 Å². The zero-order valence-corrected chi connectivity index (χ0v) is 19.4. The fourth-order valence-corrected chi connectivity index (χ4v) is 3.69. The summed E-state index contributed by atoms with van der Waals surface area (Å²) in [6.45, 7) is 3.86. The third-order valence-corrected chi connectivity index (χ3v) is 5.34. The first-order valence-electron chi connectivity index (χ1n) is 11.1. The van der Waals surface area contributed by atoms with Crippen molar-refractivity contribution in [2.45, 2.75) is 51.8 Å². The molecular weight excluding hydrogens is 408 g/mol. The van der Waals surface area contributed by atoms with Gasteiger partial charge in [0.2, 0.25) is 11.6 Å². The zero-order chi connectivity index (χ0) is 22.8. The summed E-state index contributed by atoms with van der Waals surface area (Å²) in [6, 6.07) is 7.78. The molecule has 0 unspecified atom stereocenters. The molecule has 0 saturated heterocycles. The maximum atomic E-state index is 5.94. The topological polar surface area (TPSA) is 86.2 Å². The second-order valence-corrected chi connectivity index (χ2v) is 7.61. The molecule has 1 aliphatic rings. The fraction of sp³-hybridized carbons (Fsp3) is 0.500. The molecule has 0 atom stereocenters. The van der Waals surface area contributed by atoms with Gasteiger partial charge in [-0.1, -0.05) is 6.07 Å². The molecule has 1 aliphatic carbocycles. The largest absolute Gasteiger partial charge is 0.493 e. The van der Waals surface area contributed by atoms with Crippen LogP contribution in [0.1, 0.15) is 43.7 Å². The molecule has 0 spiro atoms. The predicted molar refractivity (Wildman–Crippen MR) is 125 cm³/mol. The van der Waals surface area contributed by atoms with Crippen molar-refractivity contribution in [1.82, 2.24) is 15.6 Å². The SMILES string of the molecule is CCNC(=NCc1cc(OC)c(OC)c(OC)c1)NCc1ccc(OC2CCCC2)nc1. The number of aromatic nitrogens is 1. The zero-order valence-electron chi connectivity index (χ0n) is 19.4. The quantitative estimate of drug-likeness (QED) is 0.429. The van der Waals surface area contributed by atoms with Crippen LogP contribution in [0.2, 0.25) is 0 Å². The van der Waals surface area contributed by atoms with E-state index < -0.39 is 0 Å². The lowest BCUT2D eigenvalue weighted by Crippen LogP contribution is -2.36. The molecule has 8 nitrogen and oxygen atoms in total. The fourth-order valence-electron chi connectivity index (χ4n) is 3.69. The summed E-state index contributed by atoms with van der Waals surface area (Å²) in [5.41, 5.74) is 2.01. The monoisotopic (exact) mass is 442 g/mol. The van der Waals surface area contributed by atoms with Crippen LogP contribution in [0.25, 0.3) is 0 Å². The molecule has 3 rings (SSSR count). The van der Waals surface area contributed by atoms with Crippen LogP contribution in [0.3, 0.4) is 0 Å². The number of hydrogen-bond donors (Lipinski definition) is 2. The van der Waals surface area contributed by atoms with Gasteiger partial charge >= 0.3 is 0 Å². The van der Waals surface area contributed by atoms with Crippen LogP contribution >= 0.6 is 0 Å². The molecule has 1 aromatic carbocycles. The number of guanidine groups is 1. The Bertz CT molecular complexity index is 855. The third kappa shape index (κ3) is 6.42. The van der Waals surface area contributed by atoms with E-state index in [1.807, 2.05) is 37.4 Å². The second-order valence-electron chi connectivity index (χ2n) is 7.61. The van der Waals surface area contributed by atoms with Gasteiger partial charge in [0, 0.05) is 25.4 Å². The van der Waals surface area contributed by atoms with Crippen LogP contribution in [0.4, 0.5) is 0 Å². The van der Waals surface area contributed by atoms with Crippen molar-refractivity contribution in [3.63, 3.8) is 0 Å². The van der Waals surface area contributed by atoms with Crippen LogP contribution in [0, 0.1) is 0 Å². The summed E-state index contributed by atoms with van der Waals surface area (Å²) in [6.07, 6.45) is 6.90. The summed E-state index contributed by atoms with van der Waals surface area (Å²) >= 11 is 0. The molecule has 0 radical (unpaired) electrons. The molecule has 1 aromatic heterocycles. The molecule has 2 aromatic rings. The average Bonchev–Trinajstić information content (AvgIpc) is 3.34. The molecule has 32 heavy (non-hydrogen) atoms. The number of methoxy groups -OCH3 is 3. The van der Waals surface area contributed by atoms with E-state index in [0.29, 0.717) is 48.3 Å². The van der Waals surface area contributed by atoms with E-state index >= 15 is 0 Å². The van der Waals surface area contributed by atoms with Gasteiger partial charge in [0.1, 0.15) is 6.10 Å².